The molecule has 1 unspecified atom stereocenters. The maximum atomic E-state index is 3.78. The molecule has 1 atom stereocenters. The molecule has 0 amide bonds. The summed E-state index contributed by atoms with van der Waals surface area (Å²) in [5, 5.41) is 8.29. The summed E-state index contributed by atoms with van der Waals surface area (Å²) in [7, 11) is 0. The van der Waals surface area contributed by atoms with Crippen molar-refractivity contribution in [2.75, 3.05) is 6.54 Å². The topological polar surface area (TPSA) is 12.0 Å². The third kappa shape index (κ3) is 5.75. The molecule has 0 aliphatic heterocycles. The molecule has 2 rings (SSSR count). The SMILES string of the molecule is CCCCC1CCC(C(CCc2ccsc2)NCC)CC1. The summed E-state index contributed by atoms with van der Waals surface area (Å²) in [4.78, 5) is 0. The molecule has 0 bridgehead atoms. The Morgan fingerprint density at radius 1 is 1.24 bits per heavy atom. The molecule has 0 radical (unpaired) electrons. The van der Waals surface area contributed by atoms with Gasteiger partial charge >= 0.3 is 0 Å². The molecule has 2 heteroatoms. The predicted octanol–water partition coefficient (Wildman–Crippen LogP) is 5.66. The summed E-state index contributed by atoms with van der Waals surface area (Å²) < 4.78 is 0. The van der Waals surface area contributed by atoms with Gasteiger partial charge in [0.05, 0.1) is 0 Å². The van der Waals surface area contributed by atoms with E-state index in [4.69, 9.17) is 0 Å². The van der Waals surface area contributed by atoms with Crippen LogP contribution in [-0.2, 0) is 6.42 Å². The van der Waals surface area contributed by atoms with Crippen LogP contribution in [0, 0.1) is 11.8 Å². The average molecular weight is 308 g/mol. The lowest BCUT2D eigenvalue weighted by Gasteiger charge is -2.34. The van der Waals surface area contributed by atoms with E-state index < -0.39 is 0 Å². The van der Waals surface area contributed by atoms with Crippen molar-refractivity contribution in [1.29, 1.82) is 0 Å². The zero-order chi connectivity index (χ0) is 14.9. The lowest BCUT2D eigenvalue weighted by atomic mass is 9.76. The number of rotatable bonds is 9. The van der Waals surface area contributed by atoms with E-state index in [1.165, 1.54) is 63.4 Å². The highest BCUT2D eigenvalue weighted by Gasteiger charge is 2.26. The van der Waals surface area contributed by atoms with Crippen molar-refractivity contribution >= 4 is 11.3 Å². The molecule has 21 heavy (non-hydrogen) atoms. The molecule has 1 nitrogen and oxygen atoms in total. The van der Waals surface area contributed by atoms with Crippen LogP contribution in [0.2, 0.25) is 0 Å². The summed E-state index contributed by atoms with van der Waals surface area (Å²) in [6, 6.07) is 3.03. The van der Waals surface area contributed by atoms with Gasteiger partial charge in [0.25, 0.3) is 0 Å². The average Bonchev–Trinajstić information content (AvgIpc) is 3.03. The molecule has 1 aliphatic rings. The van der Waals surface area contributed by atoms with E-state index in [0.29, 0.717) is 0 Å². The van der Waals surface area contributed by atoms with E-state index >= 15 is 0 Å². The highest BCUT2D eigenvalue weighted by molar-refractivity contribution is 7.07. The van der Waals surface area contributed by atoms with Crippen molar-refractivity contribution < 1.29 is 0 Å². The minimum Gasteiger partial charge on any atom is -0.314 e. The summed E-state index contributed by atoms with van der Waals surface area (Å²) in [6.07, 6.45) is 12.7. The highest BCUT2D eigenvalue weighted by atomic mass is 32.1. The molecule has 1 fully saturated rings. The van der Waals surface area contributed by atoms with Gasteiger partial charge in [-0.05, 0) is 66.5 Å². The van der Waals surface area contributed by atoms with Crippen molar-refractivity contribution in [2.24, 2.45) is 11.8 Å². The Hall–Kier alpha value is -0.340. The first kappa shape index (κ1) is 17.0. The lowest BCUT2D eigenvalue weighted by Crippen LogP contribution is -2.38. The van der Waals surface area contributed by atoms with Gasteiger partial charge in [-0.3, -0.25) is 0 Å². The molecular formula is C19H33NS. The van der Waals surface area contributed by atoms with E-state index in [-0.39, 0.29) is 0 Å². The van der Waals surface area contributed by atoms with Crippen LogP contribution in [0.15, 0.2) is 16.8 Å². The number of hydrogen-bond acceptors (Lipinski definition) is 2. The summed E-state index contributed by atoms with van der Waals surface area (Å²) >= 11 is 1.83. The molecule has 1 saturated carbocycles. The fourth-order valence-corrected chi connectivity index (χ4v) is 4.60. The Morgan fingerprint density at radius 3 is 2.67 bits per heavy atom. The van der Waals surface area contributed by atoms with Crippen LogP contribution in [-0.4, -0.2) is 12.6 Å². The molecule has 0 aromatic carbocycles. The van der Waals surface area contributed by atoms with E-state index in [1.54, 1.807) is 0 Å². The van der Waals surface area contributed by atoms with Crippen LogP contribution >= 0.6 is 11.3 Å². The molecule has 0 spiro atoms. The highest BCUT2D eigenvalue weighted by Crippen LogP contribution is 2.34. The third-order valence-electron chi connectivity index (χ3n) is 5.22. The van der Waals surface area contributed by atoms with Gasteiger partial charge in [0.1, 0.15) is 0 Å². The monoisotopic (exact) mass is 307 g/mol. The van der Waals surface area contributed by atoms with E-state index in [1.807, 2.05) is 11.3 Å². The molecular weight excluding hydrogens is 274 g/mol. The minimum atomic E-state index is 0.738. The van der Waals surface area contributed by atoms with Crippen LogP contribution in [0.1, 0.15) is 70.8 Å². The van der Waals surface area contributed by atoms with Gasteiger partial charge in [0, 0.05) is 6.04 Å². The van der Waals surface area contributed by atoms with Crippen molar-refractivity contribution in [3.8, 4) is 0 Å². The molecule has 1 heterocycles. The van der Waals surface area contributed by atoms with Crippen molar-refractivity contribution in [2.45, 2.75) is 77.7 Å². The standard InChI is InChI=1S/C19H33NS/c1-3-5-6-16-7-10-18(11-8-16)19(20-4-2)12-9-17-13-14-21-15-17/h13-16,18-20H,3-12H2,1-2H3. The van der Waals surface area contributed by atoms with Crippen molar-refractivity contribution in [1.82, 2.24) is 5.32 Å². The lowest BCUT2D eigenvalue weighted by molar-refractivity contribution is 0.207. The molecule has 120 valence electrons. The van der Waals surface area contributed by atoms with Crippen LogP contribution in [0.3, 0.4) is 0 Å². The first-order valence-corrected chi connectivity index (χ1v) is 10.0. The zero-order valence-electron chi connectivity index (χ0n) is 13.9. The number of hydrogen-bond donors (Lipinski definition) is 1. The Bertz CT molecular complexity index is 352. The van der Waals surface area contributed by atoms with Gasteiger partial charge in [-0.15, -0.1) is 0 Å². The minimum absolute atomic E-state index is 0.738. The van der Waals surface area contributed by atoms with Crippen LogP contribution in [0.25, 0.3) is 0 Å². The van der Waals surface area contributed by atoms with E-state index in [9.17, 15) is 0 Å². The predicted molar refractivity (Wildman–Crippen MR) is 95.1 cm³/mol. The largest absolute Gasteiger partial charge is 0.314 e. The third-order valence-corrected chi connectivity index (χ3v) is 5.95. The van der Waals surface area contributed by atoms with Gasteiger partial charge in [-0.1, -0.05) is 46.0 Å². The Balaban J connectivity index is 1.76. The fourth-order valence-electron chi connectivity index (χ4n) is 3.90. The van der Waals surface area contributed by atoms with E-state index in [2.05, 4.69) is 36.0 Å². The molecule has 0 saturated heterocycles. The number of thiophene rings is 1. The summed E-state index contributed by atoms with van der Waals surface area (Å²) in [5.74, 6) is 1.95. The smallest absolute Gasteiger partial charge is 0.00983 e. The van der Waals surface area contributed by atoms with Gasteiger partial charge < -0.3 is 5.32 Å². The van der Waals surface area contributed by atoms with Crippen LogP contribution < -0.4 is 5.32 Å². The second-order valence-electron chi connectivity index (χ2n) is 6.76. The first-order valence-electron chi connectivity index (χ1n) is 9.07. The quantitative estimate of drug-likeness (QED) is 0.621. The number of aryl methyl sites for hydroxylation is 1. The van der Waals surface area contributed by atoms with Gasteiger partial charge in [0.15, 0.2) is 0 Å². The second-order valence-corrected chi connectivity index (χ2v) is 7.54. The Labute approximate surface area is 135 Å². The van der Waals surface area contributed by atoms with Crippen LogP contribution in [0.5, 0.6) is 0 Å². The normalized spacial score (nSPS) is 24.1. The molecule has 1 aromatic rings. The first-order chi connectivity index (χ1) is 10.3. The maximum absolute atomic E-state index is 3.78. The van der Waals surface area contributed by atoms with E-state index in [0.717, 1.165) is 24.4 Å². The van der Waals surface area contributed by atoms with Gasteiger partial charge in [0.2, 0.25) is 0 Å². The van der Waals surface area contributed by atoms with Gasteiger partial charge in [-0.25, -0.2) is 0 Å². The molecule has 1 N–H and O–H groups in total. The molecule has 1 aliphatic carbocycles. The Morgan fingerprint density at radius 2 is 2.05 bits per heavy atom. The van der Waals surface area contributed by atoms with Crippen LogP contribution in [0.4, 0.5) is 0 Å². The molecule has 1 aromatic heterocycles. The van der Waals surface area contributed by atoms with Gasteiger partial charge in [-0.2, -0.15) is 11.3 Å². The second kappa shape index (κ2) is 9.63. The zero-order valence-corrected chi connectivity index (χ0v) is 14.8. The summed E-state index contributed by atoms with van der Waals surface area (Å²) in [5.41, 5.74) is 1.53. The number of unbranched alkanes of at least 4 members (excludes halogenated alkanes) is 1. The fraction of sp³-hybridized carbons (Fsp3) is 0.789. The summed E-state index contributed by atoms with van der Waals surface area (Å²) in [6.45, 7) is 5.69. The van der Waals surface area contributed by atoms with Crippen molar-refractivity contribution in [3.05, 3.63) is 22.4 Å². The maximum Gasteiger partial charge on any atom is 0.00983 e. The Kier molecular flexibility index (Phi) is 7.81. The van der Waals surface area contributed by atoms with Crippen molar-refractivity contribution in [3.63, 3.8) is 0 Å². The number of nitrogens with one attached hydrogen (secondary N) is 1.